The van der Waals surface area contributed by atoms with E-state index in [0.717, 1.165) is 50.1 Å². The number of guanidine groups is 1. The number of aromatic nitrogens is 1. The van der Waals surface area contributed by atoms with Crippen LogP contribution in [0.3, 0.4) is 0 Å². The Morgan fingerprint density at radius 2 is 1.81 bits per heavy atom. The SMILES string of the molecule is CN=C(NCC(C)(C)c1ccc(F)cc1)N1CCN(c2ccccn2)CC1. The average Bonchev–Trinajstić information content (AvgIpc) is 2.70. The number of hydrogen-bond donors (Lipinski definition) is 1. The first kappa shape index (κ1) is 19.1. The van der Waals surface area contributed by atoms with Crippen molar-refractivity contribution in [3.63, 3.8) is 0 Å². The lowest BCUT2D eigenvalue weighted by atomic mass is 9.84. The summed E-state index contributed by atoms with van der Waals surface area (Å²) in [5.41, 5.74) is 0.978. The number of halogens is 1. The van der Waals surface area contributed by atoms with Gasteiger partial charge in [0, 0.05) is 51.4 Å². The maximum absolute atomic E-state index is 13.2. The number of anilines is 1. The normalized spacial score (nSPS) is 15.8. The number of nitrogens with zero attached hydrogens (tertiary/aromatic N) is 4. The predicted molar refractivity (Wildman–Crippen MR) is 109 cm³/mol. The third kappa shape index (κ3) is 4.76. The molecule has 1 aromatic carbocycles. The van der Waals surface area contributed by atoms with Gasteiger partial charge in [-0.15, -0.1) is 0 Å². The zero-order valence-corrected chi connectivity index (χ0v) is 16.3. The van der Waals surface area contributed by atoms with Gasteiger partial charge in [-0.25, -0.2) is 9.37 Å². The van der Waals surface area contributed by atoms with Crippen molar-refractivity contribution in [1.29, 1.82) is 0 Å². The monoisotopic (exact) mass is 369 g/mol. The molecule has 1 N–H and O–H groups in total. The highest BCUT2D eigenvalue weighted by molar-refractivity contribution is 5.80. The van der Waals surface area contributed by atoms with Crippen LogP contribution in [0.15, 0.2) is 53.7 Å². The summed E-state index contributed by atoms with van der Waals surface area (Å²) in [6.45, 7) is 8.66. The summed E-state index contributed by atoms with van der Waals surface area (Å²) >= 11 is 0. The third-order valence-electron chi connectivity index (χ3n) is 5.08. The minimum Gasteiger partial charge on any atom is -0.355 e. The molecule has 5 nitrogen and oxygen atoms in total. The van der Waals surface area contributed by atoms with Gasteiger partial charge in [0.1, 0.15) is 11.6 Å². The number of benzene rings is 1. The number of piperazine rings is 1. The van der Waals surface area contributed by atoms with Gasteiger partial charge in [-0.2, -0.15) is 0 Å². The lowest BCUT2D eigenvalue weighted by molar-refractivity contribution is 0.365. The summed E-state index contributed by atoms with van der Waals surface area (Å²) < 4.78 is 13.2. The second-order valence-corrected chi connectivity index (χ2v) is 7.45. The maximum Gasteiger partial charge on any atom is 0.193 e. The van der Waals surface area contributed by atoms with E-state index >= 15 is 0 Å². The van der Waals surface area contributed by atoms with Crippen LogP contribution >= 0.6 is 0 Å². The van der Waals surface area contributed by atoms with E-state index in [1.165, 1.54) is 12.1 Å². The molecular formula is C21H28FN5. The molecule has 0 saturated carbocycles. The molecule has 144 valence electrons. The molecule has 1 fully saturated rings. The number of nitrogens with one attached hydrogen (secondary N) is 1. The fourth-order valence-electron chi connectivity index (χ4n) is 3.32. The van der Waals surface area contributed by atoms with Crippen molar-refractivity contribution in [1.82, 2.24) is 15.2 Å². The van der Waals surface area contributed by atoms with Crippen molar-refractivity contribution < 1.29 is 4.39 Å². The lowest BCUT2D eigenvalue weighted by Crippen LogP contribution is -2.54. The zero-order valence-electron chi connectivity index (χ0n) is 16.3. The molecule has 1 aromatic heterocycles. The molecule has 3 rings (SSSR count). The van der Waals surface area contributed by atoms with Crippen LogP contribution in [0.1, 0.15) is 19.4 Å². The summed E-state index contributed by atoms with van der Waals surface area (Å²) in [6, 6.07) is 12.7. The van der Waals surface area contributed by atoms with Gasteiger partial charge in [0.25, 0.3) is 0 Å². The molecule has 0 radical (unpaired) electrons. The van der Waals surface area contributed by atoms with Gasteiger partial charge in [0.15, 0.2) is 5.96 Å². The molecule has 1 aliphatic heterocycles. The summed E-state index contributed by atoms with van der Waals surface area (Å²) in [5, 5.41) is 3.50. The Kier molecular flexibility index (Phi) is 5.94. The first-order valence-corrected chi connectivity index (χ1v) is 9.37. The van der Waals surface area contributed by atoms with Gasteiger partial charge in [-0.05, 0) is 29.8 Å². The Hall–Kier alpha value is -2.63. The molecule has 27 heavy (non-hydrogen) atoms. The van der Waals surface area contributed by atoms with Crippen molar-refractivity contribution >= 4 is 11.8 Å². The van der Waals surface area contributed by atoms with E-state index in [1.54, 1.807) is 0 Å². The summed E-state index contributed by atoms with van der Waals surface area (Å²) in [7, 11) is 1.82. The highest BCUT2D eigenvalue weighted by Gasteiger charge is 2.24. The minimum atomic E-state index is -0.205. The van der Waals surface area contributed by atoms with E-state index in [-0.39, 0.29) is 11.2 Å². The molecule has 0 aliphatic carbocycles. The van der Waals surface area contributed by atoms with Crippen molar-refractivity contribution in [2.75, 3.05) is 44.7 Å². The van der Waals surface area contributed by atoms with Crippen molar-refractivity contribution in [3.8, 4) is 0 Å². The van der Waals surface area contributed by atoms with Gasteiger partial charge in [0.2, 0.25) is 0 Å². The summed E-state index contributed by atoms with van der Waals surface area (Å²) in [6.07, 6.45) is 1.83. The van der Waals surface area contributed by atoms with E-state index in [9.17, 15) is 4.39 Å². The fraction of sp³-hybridized carbons (Fsp3) is 0.429. The largest absolute Gasteiger partial charge is 0.355 e. The van der Waals surface area contributed by atoms with Gasteiger partial charge in [-0.1, -0.05) is 32.0 Å². The van der Waals surface area contributed by atoms with Crippen LogP contribution in [0.5, 0.6) is 0 Å². The van der Waals surface area contributed by atoms with E-state index in [2.05, 4.69) is 38.9 Å². The van der Waals surface area contributed by atoms with Gasteiger partial charge in [0.05, 0.1) is 0 Å². The van der Waals surface area contributed by atoms with Crippen LogP contribution in [-0.4, -0.2) is 55.6 Å². The molecule has 1 saturated heterocycles. The summed E-state index contributed by atoms with van der Waals surface area (Å²) in [5.74, 6) is 1.73. The molecule has 6 heteroatoms. The summed E-state index contributed by atoms with van der Waals surface area (Å²) in [4.78, 5) is 13.5. The quantitative estimate of drug-likeness (QED) is 0.665. The first-order chi connectivity index (χ1) is 13.0. The fourth-order valence-corrected chi connectivity index (χ4v) is 3.32. The smallest absolute Gasteiger partial charge is 0.193 e. The van der Waals surface area contributed by atoms with E-state index < -0.39 is 0 Å². The number of pyridine rings is 1. The first-order valence-electron chi connectivity index (χ1n) is 9.37. The standard InChI is InChI=1S/C21H28FN5/c1-21(2,17-7-9-18(22)10-8-17)16-25-20(23-3)27-14-12-26(13-15-27)19-6-4-5-11-24-19/h4-11H,12-16H2,1-3H3,(H,23,25). The molecule has 0 bridgehead atoms. The van der Waals surface area contributed by atoms with Gasteiger partial charge in [-0.3, -0.25) is 4.99 Å². The molecule has 2 heterocycles. The number of rotatable bonds is 4. The predicted octanol–water partition coefficient (Wildman–Crippen LogP) is 2.90. The van der Waals surface area contributed by atoms with E-state index in [1.807, 2.05) is 43.6 Å². The maximum atomic E-state index is 13.2. The molecule has 0 amide bonds. The third-order valence-corrected chi connectivity index (χ3v) is 5.08. The molecule has 2 aromatic rings. The van der Waals surface area contributed by atoms with Gasteiger partial charge < -0.3 is 15.1 Å². The van der Waals surface area contributed by atoms with Crippen LogP contribution in [0, 0.1) is 5.82 Å². The Morgan fingerprint density at radius 1 is 1.11 bits per heavy atom. The van der Waals surface area contributed by atoms with E-state index in [4.69, 9.17) is 0 Å². The number of aliphatic imine (C=N–C) groups is 1. The molecular weight excluding hydrogens is 341 g/mol. The Balaban J connectivity index is 1.56. The molecule has 0 spiro atoms. The van der Waals surface area contributed by atoms with E-state index in [0.29, 0.717) is 0 Å². The molecule has 0 unspecified atom stereocenters. The van der Waals surface area contributed by atoms with Crippen molar-refractivity contribution in [2.24, 2.45) is 4.99 Å². The topological polar surface area (TPSA) is 43.8 Å². The number of hydrogen-bond acceptors (Lipinski definition) is 3. The van der Waals surface area contributed by atoms with Crippen molar-refractivity contribution in [3.05, 3.63) is 60.0 Å². The Morgan fingerprint density at radius 3 is 2.41 bits per heavy atom. The van der Waals surface area contributed by atoms with Crippen LogP contribution in [0.2, 0.25) is 0 Å². The van der Waals surface area contributed by atoms with Crippen LogP contribution in [0.25, 0.3) is 0 Å². The zero-order chi connectivity index (χ0) is 19.3. The Bertz CT molecular complexity index is 750. The molecule has 1 aliphatic rings. The van der Waals surface area contributed by atoms with Gasteiger partial charge >= 0.3 is 0 Å². The van der Waals surface area contributed by atoms with Crippen LogP contribution in [0.4, 0.5) is 10.2 Å². The van der Waals surface area contributed by atoms with Crippen LogP contribution < -0.4 is 10.2 Å². The minimum absolute atomic E-state index is 0.126. The average molecular weight is 369 g/mol. The lowest BCUT2D eigenvalue weighted by Gasteiger charge is -2.38. The Labute approximate surface area is 160 Å². The second-order valence-electron chi connectivity index (χ2n) is 7.45. The highest BCUT2D eigenvalue weighted by Crippen LogP contribution is 2.22. The van der Waals surface area contributed by atoms with Crippen molar-refractivity contribution in [2.45, 2.75) is 19.3 Å². The highest BCUT2D eigenvalue weighted by atomic mass is 19.1. The van der Waals surface area contributed by atoms with Crippen LogP contribution in [-0.2, 0) is 5.41 Å². The molecule has 0 atom stereocenters. The second kappa shape index (κ2) is 8.37.